The van der Waals surface area contributed by atoms with E-state index in [0.717, 1.165) is 17.1 Å². The molecule has 0 saturated heterocycles. The van der Waals surface area contributed by atoms with Crippen molar-refractivity contribution in [3.63, 3.8) is 0 Å². The van der Waals surface area contributed by atoms with E-state index >= 15 is 0 Å². The molecule has 0 radical (unpaired) electrons. The Bertz CT molecular complexity index is 468. The molecule has 0 aromatic heterocycles. The van der Waals surface area contributed by atoms with E-state index in [1.807, 2.05) is 42.5 Å². The maximum Gasteiger partial charge on any atom is 0.0424 e. The first-order chi connectivity index (χ1) is 8.78. The Labute approximate surface area is 113 Å². The number of anilines is 1. The molecular formula is C15H17ClN2. The molecule has 0 amide bonds. The van der Waals surface area contributed by atoms with E-state index in [1.54, 1.807) is 0 Å². The number of nitrogens with one attached hydrogen (secondary N) is 1. The standard InChI is InChI=1S/C15H17ClN2/c16-13-6-8-14(9-7-13)18-15(11-17)10-12-4-2-1-3-5-12/h1-9,15,18H,10-11,17H2. The SMILES string of the molecule is NCC(Cc1ccccc1)Nc1ccc(Cl)cc1. The van der Waals surface area contributed by atoms with Gasteiger partial charge in [-0.1, -0.05) is 41.9 Å². The molecule has 0 heterocycles. The lowest BCUT2D eigenvalue weighted by Crippen LogP contribution is -2.30. The normalized spacial score (nSPS) is 12.1. The number of halogens is 1. The molecule has 18 heavy (non-hydrogen) atoms. The molecule has 1 atom stereocenters. The van der Waals surface area contributed by atoms with Gasteiger partial charge in [0, 0.05) is 23.3 Å². The smallest absolute Gasteiger partial charge is 0.0424 e. The van der Waals surface area contributed by atoms with E-state index in [-0.39, 0.29) is 6.04 Å². The summed E-state index contributed by atoms with van der Waals surface area (Å²) in [6, 6.07) is 18.3. The quantitative estimate of drug-likeness (QED) is 0.866. The molecule has 0 saturated carbocycles. The summed E-state index contributed by atoms with van der Waals surface area (Å²) in [6.45, 7) is 0.595. The zero-order valence-corrected chi connectivity index (χ0v) is 10.9. The van der Waals surface area contributed by atoms with Gasteiger partial charge in [0.15, 0.2) is 0 Å². The van der Waals surface area contributed by atoms with Crippen LogP contribution in [0.3, 0.4) is 0 Å². The summed E-state index contributed by atoms with van der Waals surface area (Å²) in [4.78, 5) is 0. The molecule has 0 fully saturated rings. The molecule has 2 rings (SSSR count). The Morgan fingerprint density at radius 1 is 1.00 bits per heavy atom. The van der Waals surface area contributed by atoms with E-state index < -0.39 is 0 Å². The lowest BCUT2D eigenvalue weighted by atomic mass is 10.1. The molecule has 3 N–H and O–H groups in total. The van der Waals surface area contributed by atoms with E-state index in [4.69, 9.17) is 17.3 Å². The molecule has 94 valence electrons. The van der Waals surface area contributed by atoms with Gasteiger partial charge < -0.3 is 11.1 Å². The predicted molar refractivity (Wildman–Crippen MR) is 78.1 cm³/mol. The van der Waals surface area contributed by atoms with Crippen molar-refractivity contribution < 1.29 is 0 Å². The van der Waals surface area contributed by atoms with E-state index in [1.165, 1.54) is 5.56 Å². The molecular weight excluding hydrogens is 244 g/mol. The maximum absolute atomic E-state index is 5.86. The van der Waals surface area contributed by atoms with Gasteiger partial charge in [0.2, 0.25) is 0 Å². The zero-order valence-electron chi connectivity index (χ0n) is 10.1. The van der Waals surface area contributed by atoms with Gasteiger partial charge in [-0.05, 0) is 36.2 Å². The van der Waals surface area contributed by atoms with Crippen molar-refractivity contribution in [1.29, 1.82) is 0 Å². The summed E-state index contributed by atoms with van der Waals surface area (Å²) < 4.78 is 0. The first-order valence-corrected chi connectivity index (χ1v) is 6.42. The van der Waals surface area contributed by atoms with Crippen LogP contribution in [0.25, 0.3) is 0 Å². The molecule has 0 bridgehead atoms. The van der Waals surface area contributed by atoms with Crippen LogP contribution in [0.1, 0.15) is 5.56 Å². The predicted octanol–water partition coefficient (Wildman–Crippen LogP) is 3.32. The Morgan fingerprint density at radius 2 is 1.67 bits per heavy atom. The Hall–Kier alpha value is -1.51. The molecule has 0 spiro atoms. The highest BCUT2D eigenvalue weighted by Crippen LogP contribution is 2.15. The number of rotatable bonds is 5. The highest BCUT2D eigenvalue weighted by molar-refractivity contribution is 6.30. The summed E-state index contributed by atoms with van der Waals surface area (Å²) in [5.74, 6) is 0. The molecule has 3 heteroatoms. The van der Waals surface area contributed by atoms with Gasteiger partial charge in [-0.3, -0.25) is 0 Å². The van der Waals surface area contributed by atoms with Gasteiger partial charge in [-0.2, -0.15) is 0 Å². The van der Waals surface area contributed by atoms with Gasteiger partial charge in [0.1, 0.15) is 0 Å². The van der Waals surface area contributed by atoms with Crippen LogP contribution in [-0.4, -0.2) is 12.6 Å². The molecule has 0 aliphatic heterocycles. The van der Waals surface area contributed by atoms with E-state index in [9.17, 15) is 0 Å². The average Bonchev–Trinajstić information content (AvgIpc) is 2.41. The fourth-order valence-electron chi connectivity index (χ4n) is 1.87. The van der Waals surface area contributed by atoms with Gasteiger partial charge >= 0.3 is 0 Å². The van der Waals surface area contributed by atoms with Gasteiger partial charge in [-0.15, -0.1) is 0 Å². The van der Waals surface area contributed by atoms with Gasteiger partial charge in [0.05, 0.1) is 0 Å². The minimum Gasteiger partial charge on any atom is -0.381 e. The second-order valence-corrected chi connectivity index (χ2v) is 4.71. The van der Waals surface area contributed by atoms with Crippen molar-refractivity contribution in [3.8, 4) is 0 Å². The first kappa shape index (κ1) is 12.9. The molecule has 2 aromatic carbocycles. The monoisotopic (exact) mass is 260 g/mol. The third-order valence-corrected chi connectivity index (χ3v) is 3.08. The van der Waals surface area contributed by atoms with Crippen LogP contribution >= 0.6 is 11.6 Å². The number of benzene rings is 2. The topological polar surface area (TPSA) is 38.0 Å². The van der Waals surface area contributed by atoms with E-state index in [2.05, 4.69) is 17.4 Å². The highest BCUT2D eigenvalue weighted by atomic mass is 35.5. The van der Waals surface area contributed by atoms with Gasteiger partial charge in [-0.25, -0.2) is 0 Å². The third kappa shape index (κ3) is 3.76. The largest absolute Gasteiger partial charge is 0.381 e. The van der Waals surface area contributed by atoms with Crippen LogP contribution in [0.15, 0.2) is 54.6 Å². The molecule has 0 aliphatic carbocycles. The zero-order chi connectivity index (χ0) is 12.8. The summed E-state index contributed by atoms with van der Waals surface area (Å²) >= 11 is 5.86. The first-order valence-electron chi connectivity index (χ1n) is 6.04. The summed E-state index contributed by atoms with van der Waals surface area (Å²) in [5, 5.41) is 4.16. The maximum atomic E-state index is 5.86. The lowest BCUT2D eigenvalue weighted by molar-refractivity contribution is 0.724. The average molecular weight is 261 g/mol. The van der Waals surface area contributed by atoms with Crippen LogP contribution in [0.5, 0.6) is 0 Å². The van der Waals surface area contributed by atoms with Gasteiger partial charge in [0.25, 0.3) is 0 Å². The Kier molecular flexibility index (Phi) is 4.62. The van der Waals surface area contributed by atoms with E-state index in [0.29, 0.717) is 6.54 Å². The number of nitrogens with two attached hydrogens (primary N) is 1. The lowest BCUT2D eigenvalue weighted by Gasteiger charge is -2.18. The molecule has 2 aromatic rings. The van der Waals surface area contributed by atoms with Crippen LogP contribution in [0, 0.1) is 0 Å². The summed E-state index contributed by atoms with van der Waals surface area (Å²) in [7, 11) is 0. The third-order valence-electron chi connectivity index (χ3n) is 2.82. The van der Waals surface area contributed by atoms with Crippen molar-refractivity contribution >= 4 is 17.3 Å². The fourth-order valence-corrected chi connectivity index (χ4v) is 2.00. The van der Waals surface area contributed by atoms with Crippen molar-refractivity contribution in [2.75, 3.05) is 11.9 Å². The van der Waals surface area contributed by atoms with Crippen molar-refractivity contribution in [2.45, 2.75) is 12.5 Å². The van der Waals surface area contributed by atoms with Crippen molar-refractivity contribution in [2.24, 2.45) is 5.73 Å². The van der Waals surface area contributed by atoms with Crippen LogP contribution in [0.4, 0.5) is 5.69 Å². The highest BCUT2D eigenvalue weighted by Gasteiger charge is 2.07. The van der Waals surface area contributed by atoms with Crippen LogP contribution in [0.2, 0.25) is 5.02 Å². The van der Waals surface area contributed by atoms with Crippen LogP contribution in [-0.2, 0) is 6.42 Å². The minimum atomic E-state index is 0.230. The Balaban J connectivity index is 1.99. The molecule has 1 unspecified atom stereocenters. The number of hydrogen-bond acceptors (Lipinski definition) is 2. The molecule has 0 aliphatic rings. The summed E-state index contributed by atoms with van der Waals surface area (Å²) in [5.41, 5.74) is 8.14. The minimum absolute atomic E-state index is 0.230. The Morgan fingerprint density at radius 3 is 2.28 bits per heavy atom. The second-order valence-electron chi connectivity index (χ2n) is 4.27. The van der Waals surface area contributed by atoms with Crippen molar-refractivity contribution in [3.05, 3.63) is 65.2 Å². The summed E-state index contributed by atoms with van der Waals surface area (Å²) in [6.07, 6.45) is 0.917. The van der Waals surface area contributed by atoms with Crippen molar-refractivity contribution in [1.82, 2.24) is 0 Å². The second kappa shape index (κ2) is 6.43. The van der Waals surface area contributed by atoms with Crippen LogP contribution < -0.4 is 11.1 Å². The molecule has 2 nitrogen and oxygen atoms in total. The number of hydrogen-bond donors (Lipinski definition) is 2. The fraction of sp³-hybridized carbons (Fsp3) is 0.200.